The largest absolute Gasteiger partial charge is 0.508 e. The topological polar surface area (TPSA) is 70.6 Å². The summed E-state index contributed by atoms with van der Waals surface area (Å²) < 4.78 is 0. The van der Waals surface area contributed by atoms with Crippen molar-refractivity contribution in [1.82, 2.24) is 10.8 Å². The van der Waals surface area contributed by atoms with Gasteiger partial charge in [0.2, 0.25) is 0 Å². The average molecular weight is 258 g/mol. The molecule has 5 heteroatoms. The van der Waals surface area contributed by atoms with E-state index in [2.05, 4.69) is 10.8 Å². The minimum absolute atomic E-state index is 0.181. The Bertz CT molecular complexity index is 627. The van der Waals surface area contributed by atoms with Gasteiger partial charge in [-0.3, -0.25) is 14.9 Å². The smallest absolute Gasteiger partial charge is 0.263 e. The van der Waals surface area contributed by atoms with Gasteiger partial charge in [-0.15, -0.1) is 0 Å². The molecule has 1 saturated heterocycles. The Labute approximate surface area is 110 Å². The number of rotatable bonds is 3. The van der Waals surface area contributed by atoms with Crippen LogP contribution >= 0.6 is 0 Å². The number of aromatic hydroxyl groups is 1. The second-order valence-electron chi connectivity index (χ2n) is 4.50. The molecule has 2 aromatic rings. The maximum absolute atomic E-state index is 11.4. The highest BCUT2D eigenvalue weighted by molar-refractivity contribution is 5.88. The lowest BCUT2D eigenvalue weighted by Crippen LogP contribution is -2.37. The summed E-state index contributed by atoms with van der Waals surface area (Å²) in [7, 11) is 0. The molecule has 0 aromatic heterocycles. The monoisotopic (exact) mass is 258 g/mol. The second-order valence-corrected chi connectivity index (χ2v) is 4.50. The van der Waals surface area contributed by atoms with E-state index in [1.807, 2.05) is 30.3 Å². The summed E-state index contributed by atoms with van der Waals surface area (Å²) >= 11 is 0. The van der Waals surface area contributed by atoms with Crippen molar-refractivity contribution in [2.24, 2.45) is 0 Å². The van der Waals surface area contributed by atoms with Crippen molar-refractivity contribution in [3.05, 3.63) is 42.0 Å². The van der Waals surface area contributed by atoms with Gasteiger partial charge in [0.1, 0.15) is 11.8 Å². The molecule has 2 aromatic carbocycles. The van der Waals surface area contributed by atoms with Crippen LogP contribution in [0.3, 0.4) is 0 Å². The van der Waals surface area contributed by atoms with Crippen LogP contribution in [0, 0.1) is 0 Å². The van der Waals surface area contributed by atoms with E-state index in [9.17, 15) is 9.90 Å². The van der Waals surface area contributed by atoms with Gasteiger partial charge in [-0.05, 0) is 16.8 Å². The zero-order valence-corrected chi connectivity index (χ0v) is 10.2. The molecule has 0 unspecified atom stereocenters. The number of fused-ring (bicyclic) bond motifs is 1. The highest BCUT2D eigenvalue weighted by Crippen LogP contribution is 2.26. The van der Waals surface area contributed by atoms with E-state index >= 15 is 0 Å². The van der Waals surface area contributed by atoms with Gasteiger partial charge >= 0.3 is 0 Å². The number of carbonyl (C=O) groups is 1. The van der Waals surface area contributed by atoms with E-state index in [1.54, 1.807) is 6.07 Å². The number of hydrogen-bond acceptors (Lipinski definition) is 4. The average Bonchev–Trinajstić information content (AvgIpc) is 2.83. The fraction of sp³-hybridized carbons (Fsp3) is 0.214. The molecule has 19 heavy (non-hydrogen) atoms. The summed E-state index contributed by atoms with van der Waals surface area (Å²) in [5.41, 5.74) is 3.08. The molecule has 98 valence electrons. The maximum atomic E-state index is 11.4. The number of benzene rings is 2. The third kappa shape index (κ3) is 2.25. The molecule has 3 N–H and O–H groups in total. The summed E-state index contributed by atoms with van der Waals surface area (Å²) in [5.74, 6) is 0.0465. The molecule has 0 radical (unpaired) electrons. The van der Waals surface area contributed by atoms with E-state index in [1.165, 1.54) is 0 Å². The minimum atomic E-state index is -0.377. The third-order valence-electron chi connectivity index (χ3n) is 3.28. The van der Waals surface area contributed by atoms with Gasteiger partial charge in [-0.1, -0.05) is 30.3 Å². The first-order valence-corrected chi connectivity index (χ1v) is 6.10. The summed E-state index contributed by atoms with van der Waals surface area (Å²) in [6, 6.07) is 11.0. The van der Waals surface area contributed by atoms with Gasteiger partial charge in [0, 0.05) is 12.1 Å². The Morgan fingerprint density at radius 3 is 2.95 bits per heavy atom. The number of phenols is 1. The zero-order chi connectivity index (χ0) is 13.2. The van der Waals surface area contributed by atoms with Crippen molar-refractivity contribution in [1.29, 1.82) is 0 Å². The van der Waals surface area contributed by atoms with Crippen LogP contribution < -0.4 is 10.8 Å². The Kier molecular flexibility index (Phi) is 3.06. The standard InChI is InChI=1S/C14H14N2O3/c17-13-6-5-9-3-1-2-4-10(9)11(13)7-15-12-8-19-16-14(12)18/h1-6,12,15,17H,7-8H2,(H,16,18)/t12-/m1/s1. The van der Waals surface area contributed by atoms with Crippen molar-refractivity contribution >= 4 is 16.7 Å². The lowest BCUT2D eigenvalue weighted by molar-refractivity contribution is -0.125. The van der Waals surface area contributed by atoms with Crippen molar-refractivity contribution in [3.8, 4) is 5.75 Å². The van der Waals surface area contributed by atoms with Gasteiger partial charge in [-0.25, -0.2) is 5.48 Å². The SMILES string of the molecule is O=C1NOC[C@H]1NCc1c(O)ccc2ccccc12. The van der Waals surface area contributed by atoms with Crippen LogP contribution in [0.25, 0.3) is 10.8 Å². The van der Waals surface area contributed by atoms with E-state index in [-0.39, 0.29) is 17.7 Å². The Morgan fingerprint density at radius 1 is 1.32 bits per heavy atom. The minimum Gasteiger partial charge on any atom is -0.508 e. The van der Waals surface area contributed by atoms with Crippen LogP contribution in [0.1, 0.15) is 5.56 Å². The molecule has 1 aliphatic heterocycles. The lowest BCUT2D eigenvalue weighted by Gasteiger charge is -2.12. The van der Waals surface area contributed by atoms with Crippen LogP contribution in [-0.2, 0) is 16.2 Å². The van der Waals surface area contributed by atoms with Crippen molar-refractivity contribution < 1.29 is 14.7 Å². The number of hydroxylamine groups is 1. The van der Waals surface area contributed by atoms with Gasteiger partial charge in [0.25, 0.3) is 5.91 Å². The molecule has 0 aliphatic carbocycles. The molecule has 0 spiro atoms. The third-order valence-corrected chi connectivity index (χ3v) is 3.28. The van der Waals surface area contributed by atoms with E-state index in [4.69, 9.17) is 4.84 Å². The number of nitrogens with one attached hydrogen (secondary N) is 2. The Balaban J connectivity index is 1.87. The number of amides is 1. The maximum Gasteiger partial charge on any atom is 0.263 e. The first-order chi connectivity index (χ1) is 9.25. The highest BCUT2D eigenvalue weighted by Gasteiger charge is 2.25. The van der Waals surface area contributed by atoms with Crippen molar-refractivity contribution in [3.63, 3.8) is 0 Å². The second kappa shape index (κ2) is 4.87. The van der Waals surface area contributed by atoms with Gasteiger partial charge < -0.3 is 5.11 Å². The van der Waals surface area contributed by atoms with Crippen LogP contribution in [0.5, 0.6) is 5.75 Å². The highest BCUT2D eigenvalue weighted by atomic mass is 16.7. The Morgan fingerprint density at radius 2 is 2.16 bits per heavy atom. The Hall–Kier alpha value is -2.11. The number of hydrogen-bond donors (Lipinski definition) is 3. The molecular weight excluding hydrogens is 244 g/mol. The van der Waals surface area contributed by atoms with Crippen LogP contribution in [0.2, 0.25) is 0 Å². The van der Waals surface area contributed by atoms with Gasteiger partial charge in [-0.2, -0.15) is 0 Å². The first kappa shape index (κ1) is 12.0. The van der Waals surface area contributed by atoms with Crippen molar-refractivity contribution in [2.75, 3.05) is 6.61 Å². The molecule has 1 fully saturated rings. The fourth-order valence-corrected chi connectivity index (χ4v) is 2.23. The summed E-state index contributed by atoms with van der Waals surface area (Å²) in [5, 5.41) is 15.1. The number of phenolic OH excluding ortho intramolecular Hbond substituents is 1. The predicted molar refractivity (Wildman–Crippen MR) is 70.3 cm³/mol. The van der Waals surface area contributed by atoms with Crippen LogP contribution in [-0.4, -0.2) is 23.7 Å². The van der Waals surface area contributed by atoms with Crippen LogP contribution in [0.15, 0.2) is 36.4 Å². The first-order valence-electron chi connectivity index (χ1n) is 6.10. The summed E-state index contributed by atoms with van der Waals surface area (Å²) in [6.07, 6.45) is 0. The molecule has 1 atom stereocenters. The quantitative estimate of drug-likeness (QED) is 0.770. The summed E-state index contributed by atoms with van der Waals surface area (Å²) in [4.78, 5) is 16.2. The normalized spacial score (nSPS) is 18.7. The molecule has 1 aliphatic rings. The fourth-order valence-electron chi connectivity index (χ4n) is 2.23. The molecule has 3 rings (SSSR count). The van der Waals surface area contributed by atoms with Gasteiger partial charge in [0.15, 0.2) is 0 Å². The molecular formula is C14H14N2O3. The lowest BCUT2D eigenvalue weighted by atomic mass is 10.0. The molecule has 0 saturated carbocycles. The van der Waals surface area contributed by atoms with Crippen molar-refractivity contribution in [2.45, 2.75) is 12.6 Å². The van der Waals surface area contributed by atoms with E-state index in [0.29, 0.717) is 13.2 Å². The molecule has 0 bridgehead atoms. The van der Waals surface area contributed by atoms with Gasteiger partial charge in [0.05, 0.1) is 6.61 Å². The molecule has 1 heterocycles. The molecule has 1 amide bonds. The number of carbonyl (C=O) groups excluding carboxylic acids is 1. The summed E-state index contributed by atoms with van der Waals surface area (Å²) in [6.45, 7) is 0.707. The van der Waals surface area contributed by atoms with Crippen LogP contribution in [0.4, 0.5) is 0 Å². The molecule has 5 nitrogen and oxygen atoms in total. The van der Waals surface area contributed by atoms with E-state index < -0.39 is 0 Å². The zero-order valence-electron chi connectivity index (χ0n) is 10.2. The van der Waals surface area contributed by atoms with E-state index in [0.717, 1.165) is 16.3 Å². The predicted octanol–water partition coefficient (Wildman–Crippen LogP) is 1.06.